The number of anilines is 1. The summed E-state index contributed by atoms with van der Waals surface area (Å²) < 4.78 is 46.8. The lowest BCUT2D eigenvalue weighted by Gasteiger charge is -2.45. The molecule has 0 radical (unpaired) electrons. The maximum atomic E-state index is 13.5. The lowest BCUT2D eigenvalue weighted by molar-refractivity contribution is -0.169. The zero-order chi connectivity index (χ0) is 24.9. The van der Waals surface area contributed by atoms with Gasteiger partial charge in [0, 0.05) is 18.4 Å². The van der Waals surface area contributed by atoms with Gasteiger partial charge in [0.15, 0.2) is 0 Å². The van der Waals surface area contributed by atoms with Crippen molar-refractivity contribution in [1.29, 1.82) is 5.26 Å². The summed E-state index contributed by atoms with van der Waals surface area (Å²) in [7, 11) is 0. The smallest absolute Gasteiger partial charge is 0.365 e. The van der Waals surface area contributed by atoms with E-state index in [1.54, 1.807) is 0 Å². The van der Waals surface area contributed by atoms with Crippen molar-refractivity contribution in [3.63, 3.8) is 0 Å². The second-order valence-electron chi connectivity index (χ2n) is 9.85. The van der Waals surface area contributed by atoms with Crippen molar-refractivity contribution in [2.75, 3.05) is 29.9 Å². The van der Waals surface area contributed by atoms with Gasteiger partial charge in [-0.05, 0) is 51.4 Å². The van der Waals surface area contributed by atoms with E-state index < -0.39 is 52.2 Å². The molecule has 4 rings (SSSR count). The molecule has 1 unspecified atom stereocenters. The van der Waals surface area contributed by atoms with E-state index in [4.69, 9.17) is 10.00 Å². The summed E-state index contributed by atoms with van der Waals surface area (Å²) >= 11 is 3.43. The van der Waals surface area contributed by atoms with Crippen LogP contribution in [0.3, 0.4) is 0 Å². The lowest BCUT2D eigenvalue weighted by Crippen LogP contribution is -2.58. The topological polar surface area (TPSA) is 73.6 Å². The van der Waals surface area contributed by atoms with Gasteiger partial charge in [0.25, 0.3) is 0 Å². The fraction of sp³-hybridized carbons (Fsp3) is 0.625. The minimum atomic E-state index is -4.78. The molecule has 3 saturated heterocycles. The average Bonchev–Trinajstić information content (AvgIpc) is 3.12. The van der Waals surface area contributed by atoms with E-state index in [0.29, 0.717) is 13.1 Å². The van der Waals surface area contributed by atoms with E-state index in [0.717, 1.165) is 54.6 Å². The number of fused-ring (bicyclic) bond motifs is 5. The van der Waals surface area contributed by atoms with Crippen LogP contribution in [0.1, 0.15) is 50.7 Å². The Morgan fingerprint density at radius 3 is 2.21 bits per heavy atom. The molecule has 0 aliphatic carbocycles. The van der Waals surface area contributed by atoms with E-state index in [1.807, 2.05) is 13.8 Å². The molecule has 3 aliphatic heterocycles. The minimum Gasteiger partial charge on any atom is -0.365 e. The van der Waals surface area contributed by atoms with Gasteiger partial charge in [0.05, 0.1) is 45.9 Å². The number of ether oxygens (including phenoxy) is 1. The summed E-state index contributed by atoms with van der Waals surface area (Å²) in [5.74, 6) is -2.63. The van der Waals surface area contributed by atoms with Crippen LogP contribution < -0.4 is 4.90 Å². The predicted molar refractivity (Wildman–Crippen MR) is 122 cm³/mol. The summed E-state index contributed by atoms with van der Waals surface area (Å²) in [5.41, 5.74) is -3.70. The number of morpholine rings is 1. The standard InChI is InChI=1S/C24H27BrF3N3O3/c1-22-13-30(10-6-4-3-5-9-25)14-23(2,34-22)19-18(22)20(32)31(21(19)33)16-8-7-15(12-29)17(11-16)24(26,27)28/h7-8,11,18-19H,3-6,9-10,13-14H2,1-2H3/t18-,19?,22-,23+/m0/s1. The average molecular weight is 542 g/mol. The largest absolute Gasteiger partial charge is 0.417 e. The van der Waals surface area contributed by atoms with Gasteiger partial charge in [0.1, 0.15) is 0 Å². The van der Waals surface area contributed by atoms with E-state index in [9.17, 15) is 22.8 Å². The zero-order valence-corrected chi connectivity index (χ0v) is 20.7. The van der Waals surface area contributed by atoms with Crippen LogP contribution in [0, 0.1) is 23.2 Å². The monoisotopic (exact) mass is 541 g/mol. The molecular formula is C24H27BrF3N3O3. The Hall–Kier alpha value is -1.96. The number of hydrogen-bond donors (Lipinski definition) is 0. The molecule has 2 bridgehead atoms. The van der Waals surface area contributed by atoms with Crippen molar-refractivity contribution in [3.05, 3.63) is 29.3 Å². The van der Waals surface area contributed by atoms with E-state index in [1.165, 1.54) is 12.1 Å². The van der Waals surface area contributed by atoms with Gasteiger partial charge in [-0.3, -0.25) is 14.5 Å². The van der Waals surface area contributed by atoms with Crippen molar-refractivity contribution < 1.29 is 27.5 Å². The highest BCUT2D eigenvalue weighted by atomic mass is 79.9. The van der Waals surface area contributed by atoms with Gasteiger partial charge >= 0.3 is 6.18 Å². The van der Waals surface area contributed by atoms with Crippen LogP contribution in [0.15, 0.2) is 18.2 Å². The summed E-state index contributed by atoms with van der Waals surface area (Å²) in [6.45, 7) is 5.45. The molecule has 3 heterocycles. The number of imide groups is 1. The Morgan fingerprint density at radius 1 is 1.09 bits per heavy atom. The molecule has 0 N–H and O–H groups in total. The van der Waals surface area contributed by atoms with Crippen LogP contribution in [0.2, 0.25) is 0 Å². The Balaban J connectivity index is 1.59. The van der Waals surface area contributed by atoms with Gasteiger partial charge in [0.2, 0.25) is 11.8 Å². The van der Waals surface area contributed by atoms with Crippen molar-refractivity contribution in [2.24, 2.45) is 11.8 Å². The molecule has 1 aromatic rings. The maximum absolute atomic E-state index is 13.5. The van der Waals surface area contributed by atoms with E-state index >= 15 is 0 Å². The summed E-state index contributed by atoms with van der Waals surface area (Å²) in [6, 6.07) is 4.47. The van der Waals surface area contributed by atoms with Crippen LogP contribution >= 0.6 is 15.9 Å². The quantitative estimate of drug-likeness (QED) is 0.288. The van der Waals surface area contributed by atoms with Crippen LogP contribution in [0.25, 0.3) is 0 Å². The third-order valence-electron chi connectivity index (χ3n) is 7.21. The normalized spacial score (nSPS) is 31.1. The Morgan fingerprint density at radius 2 is 1.68 bits per heavy atom. The van der Waals surface area contributed by atoms with Crippen LogP contribution in [-0.4, -0.2) is 52.9 Å². The highest BCUT2D eigenvalue weighted by molar-refractivity contribution is 9.09. The number of unbranched alkanes of at least 4 members (excludes halogenated alkanes) is 3. The Bertz CT molecular complexity index is 1010. The maximum Gasteiger partial charge on any atom is 0.417 e. The molecule has 3 aliphatic rings. The molecule has 2 amide bonds. The molecule has 0 saturated carbocycles. The summed E-state index contributed by atoms with van der Waals surface area (Å²) in [4.78, 5) is 30.1. The number of benzene rings is 1. The third-order valence-corrected chi connectivity index (χ3v) is 7.77. The third kappa shape index (κ3) is 4.16. The second-order valence-corrected chi connectivity index (χ2v) is 10.6. The predicted octanol–water partition coefficient (Wildman–Crippen LogP) is 4.50. The fourth-order valence-electron chi connectivity index (χ4n) is 5.96. The SMILES string of the molecule is C[C@]12CN(CCCCCCBr)C[C@](C)(O1)[C@@H]1C(=O)N(c3ccc(C#N)c(C(F)(F)F)c3)C(=O)C12. The number of nitrogens with zero attached hydrogens (tertiary/aromatic N) is 3. The first-order valence-corrected chi connectivity index (χ1v) is 12.5. The first-order chi connectivity index (χ1) is 15.9. The Labute approximate surface area is 205 Å². The minimum absolute atomic E-state index is 0.162. The molecule has 10 heteroatoms. The first-order valence-electron chi connectivity index (χ1n) is 11.4. The molecule has 0 aromatic heterocycles. The molecule has 4 atom stereocenters. The number of halogens is 4. The van der Waals surface area contributed by atoms with Crippen molar-refractivity contribution in [2.45, 2.75) is 56.9 Å². The summed E-state index contributed by atoms with van der Waals surface area (Å²) in [6.07, 6.45) is -0.433. The van der Waals surface area contributed by atoms with Gasteiger partial charge in [-0.25, -0.2) is 4.90 Å². The van der Waals surface area contributed by atoms with Crippen LogP contribution in [0.4, 0.5) is 18.9 Å². The van der Waals surface area contributed by atoms with Crippen LogP contribution in [0.5, 0.6) is 0 Å². The van der Waals surface area contributed by atoms with E-state index in [2.05, 4.69) is 20.8 Å². The molecule has 3 fully saturated rings. The lowest BCUT2D eigenvalue weighted by atomic mass is 9.79. The van der Waals surface area contributed by atoms with Gasteiger partial charge in [-0.15, -0.1) is 0 Å². The molecule has 184 valence electrons. The van der Waals surface area contributed by atoms with Gasteiger partial charge in [-0.1, -0.05) is 28.8 Å². The Kier molecular flexibility index (Phi) is 6.60. The van der Waals surface area contributed by atoms with Crippen molar-refractivity contribution >= 4 is 33.4 Å². The molecule has 1 aromatic carbocycles. The fourth-order valence-corrected chi connectivity index (χ4v) is 6.36. The number of carbonyl (C=O) groups is 2. The number of rotatable bonds is 7. The van der Waals surface area contributed by atoms with Gasteiger partial charge in [-0.2, -0.15) is 18.4 Å². The second kappa shape index (κ2) is 8.92. The highest BCUT2D eigenvalue weighted by Gasteiger charge is 2.71. The number of likely N-dealkylation sites (tertiary alicyclic amines) is 1. The number of alkyl halides is 4. The molecule has 0 spiro atoms. The van der Waals surface area contributed by atoms with E-state index in [-0.39, 0.29) is 5.69 Å². The van der Waals surface area contributed by atoms with Gasteiger partial charge < -0.3 is 4.74 Å². The number of hydrogen-bond acceptors (Lipinski definition) is 5. The molecule has 6 nitrogen and oxygen atoms in total. The number of carbonyl (C=O) groups excluding carboxylic acids is 2. The van der Waals surface area contributed by atoms with Crippen LogP contribution in [-0.2, 0) is 20.5 Å². The van der Waals surface area contributed by atoms with Crippen molar-refractivity contribution in [3.8, 4) is 6.07 Å². The molecule has 34 heavy (non-hydrogen) atoms. The highest BCUT2D eigenvalue weighted by Crippen LogP contribution is 2.55. The van der Waals surface area contributed by atoms with Crippen molar-refractivity contribution in [1.82, 2.24) is 4.90 Å². The number of nitriles is 1. The first kappa shape index (κ1) is 25.1. The number of amides is 2. The molecular weight excluding hydrogens is 515 g/mol. The zero-order valence-electron chi connectivity index (χ0n) is 19.1. The summed E-state index contributed by atoms with van der Waals surface area (Å²) in [5, 5.41) is 10.0.